The molecule has 1 aromatic heterocycles. The van der Waals surface area contributed by atoms with Crippen LogP contribution in [0.5, 0.6) is 0 Å². The molecule has 3 aromatic rings. The van der Waals surface area contributed by atoms with Crippen molar-refractivity contribution in [3.8, 4) is 0 Å². The molecule has 0 spiro atoms. The lowest BCUT2D eigenvalue weighted by Crippen LogP contribution is -2.20. The maximum Gasteiger partial charge on any atom is 0.421 e. The fourth-order valence-corrected chi connectivity index (χ4v) is 2.62. The summed E-state index contributed by atoms with van der Waals surface area (Å²) in [7, 11) is 1.43. The molecule has 0 bridgehead atoms. The molecule has 30 heavy (non-hydrogen) atoms. The maximum atomic E-state index is 13.5. The SMILES string of the molecule is CNC(=O)c1ccccc1Nc1nc(Nc2ccc(CO)cc2)ncc1C(F)(F)F. The van der Waals surface area contributed by atoms with E-state index in [1.807, 2.05) is 0 Å². The first-order valence-electron chi connectivity index (χ1n) is 8.81. The van der Waals surface area contributed by atoms with Crippen LogP contribution < -0.4 is 16.0 Å². The molecule has 4 N–H and O–H groups in total. The number of benzene rings is 2. The molecule has 0 atom stereocenters. The van der Waals surface area contributed by atoms with Crippen molar-refractivity contribution in [3.05, 3.63) is 71.4 Å². The molecule has 10 heteroatoms. The Labute approximate surface area is 170 Å². The van der Waals surface area contributed by atoms with Crippen LogP contribution in [0.1, 0.15) is 21.5 Å². The van der Waals surface area contributed by atoms with Crippen LogP contribution in [0.4, 0.5) is 36.3 Å². The molecule has 0 aliphatic carbocycles. The van der Waals surface area contributed by atoms with E-state index in [0.717, 1.165) is 0 Å². The predicted octanol–water partition coefficient (Wildman–Crippen LogP) is 3.83. The molecule has 0 fully saturated rings. The van der Waals surface area contributed by atoms with Crippen molar-refractivity contribution >= 4 is 29.0 Å². The summed E-state index contributed by atoms with van der Waals surface area (Å²) in [6.07, 6.45) is -4.03. The third-order valence-electron chi connectivity index (χ3n) is 4.14. The highest BCUT2D eigenvalue weighted by Gasteiger charge is 2.35. The first-order valence-corrected chi connectivity index (χ1v) is 8.81. The lowest BCUT2D eigenvalue weighted by molar-refractivity contribution is -0.137. The molecule has 0 saturated carbocycles. The topological polar surface area (TPSA) is 99.2 Å². The van der Waals surface area contributed by atoms with Gasteiger partial charge in [-0.25, -0.2) is 4.98 Å². The van der Waals surface area contributed by atoms with Crippen molar-refractivity contribution in [1.29, 1.82) is 0 Å². The average Bonchev–Trinajstić information content (AvgIpc) is 2.73. The molecule has 0 unspecified atom stereocenters. The van der Waals surface area contributed by atoms with Gasteiger partial charge in [-0.1, -0.05) is 24.3 Å². The first-order chi connectivity index (χ1) is 14.3. The summed E-state index contributed by atoms with van der Waals surface area (Å²) in [5.74, 6) is -1.02. The second kappa shape index (κ2) is 8.78. The summed E-state index contributed by atoms with van der Waals surface area (Å²) in [6.45, 7) is -0.129. The molecule has 2 aromatic carbocycles. The summed E-state index contributed by atoms with van der Waals surface area (Å²) in [5.41, 5.74) is 0.473. The minimum Gasteiger partial charge on any atom is -0.392 e. The molecule has 0 radical (unpaired) electrons. The molecule has 156 valence electrons. The van der Waals surface area contributed by atoms with Crippen LogP contribution in [-0.2, 0) is 12.8 Å². The Morgan fingerprint density at radius 1 is 1.07 bits per heavy atom. The number of carbonyl (C=O) groups excluding carboxylic acids is 1. The molecular formula is C20H18F3N5O2. The molecule has 0 saturated heterocycles. The second-order valence-corrected chi connectivity index (χ2v) is 6.18. The van der Waals surface area contributed by atoms with Crippen LogP contribution in [-0.4, -0.2) is 28.0 Å². The lowest BCUT2D eigenvalue weighted by atomic mass is 10.1. The number of nitrogens with zero attached hydrogens (tertiary/aromatic N) is 2. The standard InChI is InChI=1S/C20H18F3N5O2/c1-24-18(30)14-4-2-3-5-16(14)27-17-15(20(21,22)23)10-25-19(28-17)26-13-8-6-12(11-29)7-9-13/h2-10,29H,11H2,1H3,(H,24,30)(H2,25,26,27,28). The lowest BCUT2D eigenvalue weighted by Gasteiger charge is -2.16. The molecule has 0 aliphatic heterocycles. The van der Waals surface area contributed by atoms with Gasteiger partial charge in [-0.05, 0) is 29.8 Å². The van der Waals surface area contributed by atoms with E-state index in [-0.39, 0.29) is 23.8 Å². The van der Waals surface area contributed by atoms with Gasteiger partial charge in [0.1, 0.15) is 11.4 Å². The molecule has 0 aliphatic rings. The van der Waals surface area contributed by atoms with Gasteiger partial charge < -0.3 is 21.1 Å². The van der Waals surface area contributed by atoms with Gasteiger partial charge in [0, 0.05) is 18.9 Å². The highest BCUT2D eigenvalue weighted by atomic mass is 19.4. The number of hydrogen-bond acceptors (Lipinski definition) is 6. The summed E-state index contributed by atoms with van der Waals surface area (Å²) >= 11 is 0. The highest BCUT2D eigenvalue weighted by molar-refractivity contribution is 6.00. The van der Waals surface area contributed by atoms with Gasteiger partial charge in [0.15, 0.2) is 0 Å². The van der Waals surface area contributed by atoms with E-state index < -0.39 is 23.5 Å². The van der Waals surface area contributed by atoms with E-state index in [0.29, 0.717) is 17.4 Å². The minimum atomic E-state index is -4.70. The van der Waals surface area contributed by atoms with Crippen molar-refractivity contribution in [1.82, 2.24) is 15.3 Å². The van der Waals surface area contributed by atoms with Crippen molar-refractivity contribution in [2.45, 2.75) is 12.8 Å². The van der Waals surface area contributed by atoms with Crippen LogP contribution in [0.3, 0.4) is 0 Å². The van der Waals surface area contributed by atoms with E-state index in [2.05, 4.69) is 25.9 Å². The number of para-hydroxylation sites is 1. The van der Waals surface area contributed by atoms with Gasteiger partial charge in [-0.15, -0.1) is 0 Å². The zero-order valence-electron chi connectivity index (χ0n) is 15.8. The number of hydrogen-bond donors (Lipinski definition) is 4. The summed E-state index contributed by atoms with van der Waals surface area (Å²) in [6, 6.07) is 12.7. The van der Waals surface area contributed by atoms with E-state index in [4.69, 9.17) is 5.11 Å². The number of carbonyl (C=O) groups is 1. The van der Waals surface area contributed by atoms with Gasteiger partial charge >= 0.3 is 6.18 Å². The van der Waals surface area contributed by atoms with Crippen molar-refractivity contribution in [2.24, 2.45) is 0 Å². The van der Waals surface area contributed by atoms with Crippen LogP contribution >= 0.6 is 0 Å². The quantitative estimate of drug-likeness (QED) is 0.487. The van der Waals surface area contributed by atoms with E-state index in [1.54, 1.807) is 36.4 Å². The van der Waals surface area contributed by atoms with Gasteiger partial charge in [-0.3, -0.25) is 4.79 Å². The Balaban J connectivity index is 1.97. The summed E-state index contributed by atoms with van der Waals surface area (Å²) in [5, 5.41) is 17.0. The number of nitrogens with one attached hydrogen (secondary N) is 3. The summed E-state index contributed by atoms with van der Waals surface area (Å²) < 4.78 is 40.4. The van der Waals surface area contributed by atoms with Crippen LogP contribution in [0.25, 0.3) is 0 Å². The number of aliphatic hydroxyl groups excluding tert-OH is 1. The zero-order chi connectivity index (χ0) is 21.7. The smallest absolute Gasteiger partial charge is 0.392 e. The molecular weight excluding hydrogens is 399 g/mol. The van der Waals surface area contributed by atoms with Gasteiger partial charge in [0.25, 0.3) is 5.91 Å². The Morgan fingerprint density at radius 2 is 1.77 bits per heavy atom. The molecule has 3 rings (SSSR count). The van der Waals surface area contributed by atoms with Gasteiger partial charge in [-0.2, -0.15) is 18.2 Å². The fraction of sp³-hybridized carbons (Fsp3) is 0.150. The van der Waals surface area contributed by atoms with Crippen LogP contribution in [0.2, 0.25) is 0 Å². The van der Waals surface area contributed by atoms with E-state index in [1.165, 1.54) is 19.2 Å². The number of aromatic nitrogens is 2. The minimum absolute atomic E-state index is 0.0697. The third-order valence-corrected chi connectivity index (χ3v) is 4.14. The Hall–Kier alpha value is -3.66. The summed E-state index contributed by atoms with van der Waals surface area (Å²) in [4.78, 5) is 19.7. The first kappa shape index (κ1) is 21.1. The molecule has 7 nitrogen and oxygen atoms in total. The van der Waals surface area contributed by atoms with E-state index >= 15 is 0 Å². The van der Waals surface area contributed by atoms with Gasteiger partial charge in [0.2, 0.25) is 5.95 Å². The monoisotopic (exact) mass is 417 g/mol. The Kier molecular flexibility index (Phi) is 6.17. The van der Waals surface area contributed by atoms with Crippen LogP contribution in [0.15, 0.2) is 54.7 Å². The number of anilines is 4. The largest absolute Gasteiger partial charge is 0.421 e. The molecule has 1 heterocycles. The predicted molar refractivity (Wildman–Crippen MR) is 106 cm³/mol. The number of halogens is 3. The number of amides is 1. The third kappa shape index (κ3) is 4.84. The number of rotatable bonds is 6. The van der Waals surface area contributed by atoms with Gasteiger partial charge in [0.05, 0.1) is 17.9 Å². The Morgan fingerprint density at radius 3 is 2.40 bits per heavy atom. The van der Waals surface area contributed by atoms with Crippen LogP contribution in [0, 0.1) is 0 Å². The van der Waals surface area contributed by atoms with Crippen molar-refractivity contribution in [2.75, 3.05) is 17.7 Å². The van der Waals surface area contributed by atoms with Crippen molar-refractivity contribution < 1.29 is 23.1 Å². The number of alkyl halides is 3. The second-order valence-electron chi connectivity index (χ2n) is 6.18. The highest BCUT2D eigenvalue weighted by Crippen LogP contribution is 2.35. The van der Waals surface area contributed by atoms with Crippen molar-refractivity contribution in [3.63, 3.8) is 0 Å². The zero-order valence-corrected chi connectivity index (χ0v) is 15.8. The van der Waals surface area contributed by atoms with E-state index in [9.17, 15) is 18.0 Å². The Bertz CT molecular complexity index is 1040. The maximum absolute atomic E-state index is 13.5. The molecule has 1 amide bonds. The average molecular weight is 417 g/mol. The normalized spacial score (nSPS) is 11.1. The number of aliphatic hydroxyl groups is 1. The fourth-order valence-electron chi connectivity index (χ4n) is 2.62.